The van der Waals surface area contributed by atoms with Gasteiger partial charge in [0, 0.05) is 24.7 Å². The van der Waals surface area contributed by atoms with Gasteiger partial charge in [0.15, 0.2) is 5.78 Å². The Kier molecular flexibility index (Phi) is 3.96. The molecule has 5 heteroatoms. The number of fused-ring (bicyclic) bond motifs is 1. The lowest BCUT2D eigenvalue weighted by atomic mass is 9.92. The van der Waals surface area contributed by atoms with Crippen molar-refractivity contribution in [2.75, 3.05) is 0 Å². The van der Waals surface area contributed by atoms with Crippen LogP contribution >= 0.6 is 0 Å². The van der Waals surface area contributed by atoms with E-state index in [1.54, 1.807) is 6.20 Å². The number of Topliss-reactive ketones (excluding diaryl/α,β-unsaturated/α-hetero) is 1. The van der Waals surface area contributed by atoms with Gasteiger partial charge < -0.3 is 10.1 Å². The molecule has 0 aliphatic rings. The fourth-order valence-corrected chi connectivity index (χ4v) is 2.49. The van der Waals surface area contributed by atoms with Gasteiger partial charge in [-0.15, -0.1) is 0 Å². The molecule has 0 radical (unpaired) electrons. The number of ketones is 1. The van der Waals surface area contributed by atoms with Crippen LogP contribution in [-0.4, -0.2) is 31.4 Å². The Morgan fingerprint density at radius 2 is 2.04 bits per heavy atom. The van der Waals surface area contributed by atoms with Crippen molar-refractivity contribution < 1.29 is 9.90 Å². The molecule has 5 nitrogen and oxygen atoms in total. The molecule has 0 bridgehead atoms. The largest absolute Gasteiger partial charge is 0.382 e. The number of H-pyrrole nitrogens is 1. The molecule has 2 heterocycles. The van der Waals surface area contributed by atoms with Gasteiger partial charge in [0.05, 0.1) is 11.0 Å². The van der Waals surface area contributed by atoms with E-state index in [0.29, 0.717) is 5.82 Å². The number of para-hydroxylation sites is 2. The third-order valence-electron chi connectivity index (χ3n) is 3.89. The first-order valence-electron chi connectivity index (χ1n) is 7.55. The summed E-state index contributed by atoms with van der Waals surface area (Å²) in [5.74, 6) is 0.357. The standard InChI is InChI=1S/C18H19N3O2/c1-12-7-8-13(11-19-12)9-16(22)18(2,23)10-17-20-14-5-3-4-6-15(14)21-17/h3-8,11,23H,9-10H2,1-2H3,(H,20,21)/t18-/m0/s1. The minimum absolute atomic E-state index is 0.153. The van der Waals surface area contributed by atoms with E-state index in [9.17, 15) is 9.90 Å². The zero-order chi connectivity index (χ0) is 16.4. The Morgan fingerprint density at radius 3 is 2.74 bits per heavy atom. The predicted octanol–water partition coefficient (Wildman–Crippen LogP) is 2.37. The normalized spacial score (nSPS) is 13.9. The van der Waals surface area contributed by atoms with E-state index < -0.39 is 5.60 Å². The Hall–Kier alpha value is -2.53. The number of carbonyl (C=O) groups is 1. The summed E-state index contributed by atoms with van der Waals surface area (Å²) in [7, 11) is 0. The first-order chi connectivity index (χ1) is 10.9. The summed E-state index contributed by atoms with van der Waals surface area (Å²) < 4.78 is 0. The maximum Gasteiger partial charge on any atom is 0.168 e. The molecule has 3 aromatic rings. The second-order valence-corrected chi connectivity index (χ2v) is 6.06. The molecule has 0 spiro atoms. The molecule has 0 aliphatic heterocycles. The molecule has 0 aliphatic carbocycles. The van der Waals surface area contributed by atoms with Gasteiger partial charge in [-0.3, -0.25) is 9.78 Å². The van der Waals surface area contributed by atoms with Gasteiger partial charge in [0.25, 0.3) is 0 Å². The van der Waals surface area contributed by atoms with Crippen molar-refractivity contribution >= 4 is 16.8 Å². The van der Waals surface area contributed by atoms with Crippen LogP contribution in [0, 0.1) is 6.92 Å². The molecule has 2 aromatic heterocycles. The molecule has 0 saturated heterocycles. The molecule has 0 saturated carbocycles. The Labute approximate surface area is 134 Å². The van der Waals surface area contributed by atoms with Gasteiger partial charge in [0.1, 0.15) is 11.4 Å². The van der Waals surface area contributed by atoms with Crippen molar-refractivity contribution in [1.82, 2.24) is 15.0 Å². The molecular weight excluding hydrogens is 290 g/mol. The van der Waals surface area contributed by atoms with Crippen molar-refractivity contribution in [3.63, 3.8) is 0 Å². The van der Waals surface area contributed by atoms with Crippen LogP contribution in [-0.2, 0) is 17.6 Å². The number of aromatic nitrogens is 3. The highest BCUT2D eigenvalue weighted by atomic mass is 16.3. The monoisotopic (exact) mass is 309 g/mol. The van der Waals surface area contributed by atoms with Gasteiger partial charge in [-0.25, -0.2) is 4.98 Å². The SMILES string of the molecule is Cc1ccc(CC(=O)[C@@](C)(O)Cc2nc3ccccc3[nH]2)cn1. The minimum Gasteiger partial charge on any atom is -0.382 e. The van der Waals surface area contributed by atoms with Crippen LogP contribution in [0.5, 0.6) is 0 Å². The molecule has 118 valence electrons. The van der Waals surface area contributed by atoms with Crippen molar-refractivity contribution in [2.24, 2.45) is 0 Å². The van der Waals surface area contributed by atoms with E-state index in [-0.39, 0.29) is 18.6 Å². The topological polar surface area (TPSA) is 78.9 Å². The lowest BCUT2D eigenvalue weighted by Gasteiger charge is -2.20. The van der Waals surface area contributed by atoms with Gasteiger partial charge in [-0.1, -0.05) is 18.2 Å². The highest BCUT2D eigenvalue weighted by Crippen LogP contribution is 2.18. The van der Waals surface area contributed by atoms with E-state index in [1.807, 2.05) is 43.3 Å². The quantitative estimate of drug-likeness (QED) is 0.758. The van der Waals surface area contributed by atoms with Crippen LogP contribution in [0.25, 0.3) is 11.0 Å². The maximum atomic E-state index is 12.4. The van der Waals surface area contributed by atoms with E-state index >= 15 is 0 Å². The molecule has 0 fully saturated rings. The van der Waals surface area contributed by atoms with Gasteiger partial charge in [0.2, 0.25) is 0 Å². The zero-order valence-electron chi connectivity index (χ0n) is 13.2. The average Bonchev–Trinajstić information content (AvgIpc) is 2.90. The van der Waals surface area contributed by atoms with E-state index in [1.165, 1.54) is 6.92 Å². The third kappa shape index (κ3) is 3.46. The smallest absolute Gasteiger partial charge is 0.168 e. The lowest BCUT2D eigenvalue weighted by molar-refractivity contribution is -0.135. The number of benzene rings is 1. The van der Waals surface area contributed by atoms with E-state index in [2.05, 4.69) is 15.0 Å². The van der Waals surface area contributed by atoms with Crippen LogP contribution in [0.4, 0.5) is 0 Å². The molecule has 1 aromatic carbocycles. The average molecular weight is 309 g/mol. The van der Waals surface area contributed by atoms with Crippen LogP contribution < -0.4 is 0 Å². The molecule has 0 amide bonds. The number of hydrogen-bond acceptors (Lipinski definition) is 4. The number of imidazole rings is 1. The summed E-state index contributed by atoms with van der Waals surface area (Å²) in [5, 5.41) is 10.5. The van der Waals surface area contributed by atoms with E-state index in [4.69, 9.17) is 0 Å². The van der Waals surface area contributed by atoms with Crippen LogP contribution in [0.2, 0.25) is 0 Å². The van der Waals surface area contributed by atoms with Gasteiger partial charge in [-0.05, 0) is 37.6 Å². The summed E-state index contributed by atoms with van der Waals surface area (Å²) in [4.78, 5) is 24.2. The third-order valence-corrected chi connectivity index (χ3v) is 3.89. The van der Waals surface area contributed by atoms with Crippen molar-refractivity contribution in [3.8, 4) is 0 Å². The number of hydrogen-bond donors (Lipinski definition) is 2. The second kappa shape index (κ2) is 5.93. The van der Waals surface area contributed by atoms with Crippen molar-refractivity contribution in [3.05, 3.63) is 59.7 Å². The number of pyridine rings is 1. The molecule has 1 atom stereocenters. The van der Waals surface area contributed by atoms with Crippen LogP contribution in [0.1, 0.15) is 24.0 Å². The predicted molar refractivity (Wildman–Crippen MR) is 88.1 cm³/mol. The summed E-state index contributed by atoms with van der Waals surface area (Å²) in [6.45, 7) is 3.42. The Bertz CT molecular complexity index is 802. The van der Waals surface area contributed by atoms with Gasteiger partial charge in [-0.2, -0.15) is 0 Å². The maximum absolute atomic E-state index is 12.4. The summed E-state index contributed by atoms with van der Waals surface area (Å²) in [6.07, 6.45) is 1.98. The number of nitrogens with one attached hydrogen (secondary N) is 1. The van der Waals surface area contributed by atoms with Crippen LogP contribution in [0.15, 0.2) is 42.6 Å². The molecule has 0 unspecified atom stereocenters. The first kappa shape index (κ1) is 15.4. The number of rotatable bonds is 5. The minimum atomic E-state index is -1.47. The first-order valence-corrected chi connectivity index (χ1v) is 7.55. The van der Waals surface area contributed by atoms with Gasteiger partial charge >= 0.3 is 0 Å². The number of aromatic amines is 1. The highest BCUT2D eigenvalue weighted by Gasteiger charge is 2.31. The zero-order valence-corrected chi connectivity index (χ0v) is 13.2. The number of aliphatic hydroxyl groups is 1. The fourth-order valence-electron chi connectivity index (χ4n) is 2.49. The molecule has 3 rings (SSSR count). The van der Waals surface area contributed by atoms with Crippen molar-refractivity contribution in [2.45, 2.75) is 32.3 Å². The molecular formula is C18H19N3O2. The van der Waals surface area contributed by atoms with Crippen molar-refractivity contribution in [1.29, 1.82) is 0 Å². The lowest BCUT2D eigenvalue weighted by Crippen LogP contribution is -2.39. The fraction of sp³-hybridized carbons (Fsp3) is 0.278. The highest BCUT2D eigenvalue weighted by molar-refractivity contribution is 5.88. The number of nitrogens with zero attached hydrogens (tertiary/aromatic N) is 2. The second-order valence-electron chi connectivity index (χ2n) is 6.06. The van der Waals surface area contributed by atoms with E-state index in [0.717, 1.165) is 22.3 Å². The van der Waals surface area contributed by atoms with Crippen LogP contribution in [0.3, 0.4) is 0 Å². The number of aryl methyl sites for hydroxylation is 1. The Morgan fingerprint density at radius 1 is 1.26 bits per heavy atom. The Balaban J connectivity index is 1.74. The number of carbonyl (C=O) groups excluding carboxylic acids is 1. The molecule has 2 N–H and O–H groups in total. The summed E-state index contributed by atoms with van der Waals surface area (Å²) in [5.41, 5.74) is 1.95. The summed E-state index contributed by atoms with van der Waals surface area (Å²) >= 11 is 0. The molecule has 23 heavy (non-hydrogen) atoms. The summed E-state index contributed by atoms with van der Waals surface area (Å²) in [6, 6.07) is 11.3.